The van der Waals surface area contributed by atoms with Gasteiger partial charge in [0, 0.05) is 51.4 Å². The van der Waals surface area contributed by atoms with Gasteiger partial charge in [0.25, 0.3) is 0 Å². The van der Waals surface area contributed by atoms with Crippen molar-refractivity contribution in [1.82, 2.24) is 19.6 Å². The minimum absolute atomic E-state index is 0.282. The van der Waals surface area contributed by atoms with Crippen LogP contribution in [-0.4, -0.2) is 51.8 Å². The summed E-state index contributed by atoms with van der Waals surface area (Å²) in [6.07, 6.45) is 0.864. The van der Waals surface area contributed by atoms with Crippen molar-refractivity contribution in [3.8, 4) is 0 Å². The highest BCUT2D eigenvalue weighted by atomic mass is 19.4. The smallest absolute Gasteiger partial charge is 0.299 e. The molecule has 4 nitrogen and oxygen atoms in total. The van der Waals surface area contributed by atoms with Gasteiger partial charge in [0.05, 0.1) is 6.20 Å². The lowest BCUT2D eigenvalue weighted by atomic mass is 9.91. The molecule has 7 heteroatoms. The average molecular weight is 330 g/mol. The van der Waals surface area contributed by atoms with Gasteiger partial charge in [0.2, 0.25) is 0 Å². The van der Waals surface area contributed by atoms with E-state index in [1.807, 2.05) is 0 Å². The lowest BCUT2D eigenvalue weighted by Gasteiger charge is -2.37. The summed E-state index contributed by atoms with van der Waals surface area (Å²) in [7, 11) is 1.36. The molecule has 0 aromatic carbocycles. The zero-order chi connectivity index (χ0) is 16.6. The van der Waals surface area contributed by atoms with E-state index in [1.54, 1.807) is 0 Å². The molecular weight excluding hydrogens is 305 g/mol. The average Bonchev–Trinajstić information content (AvgIpc) is 2.64. The molecule has 1 aliphatic heterocycles. The molecule has 2 aliphatic rings. The van der Waals surface area contributed by atoms with Crippen molar-refractivity contribution in [2.24, 2.45) is 13.0 Å². The van der Waals surface area contributed by atoms with Gasteiger partial charge in [-0.25, -0.2) is 0 Å². The van der Waals surface area contributed by atoms with Crippen LogP contribution in [0.5, 0.6) is 0 Å². The van der Waals surface area contributed by atoms with E-state index >= 15 is 0 Å². The first-order valence-electron chi connectivity index (χ1n) is 8.39. The summed E-state index contributed by atoms with van der Waals surface area (Å²) in [6.45, 7) is 6.20. The first kappa shape index (κ1) is 16.8. The molecule has 23 heavy (non-hydrogen) atoms. The molecule has 0 amide bonds. The van der Waals surface area contributed by atoms with E-state index in [9.17, 15) is 13.2 Å². The normalized spacial score (nSPS) is 25.3. The van der Waals surface area contributed by atoms with Crippen molar-refractivity contribution in [1.29, 1.82) is 0 Å². The van der Waals surface area contributed by atoms with Gasteiger partial charge in [-0.1, -0.05) is 13.3 Å². The van der Waals surface area contributed by atoms with Crippen LogP contribution in [0.4, 0.5) is 13.2 Å². The van der Waals surface area contributed by atoms with Crippen LogP contribution in [0.3, 0.4) is 0 Å². The molecular formula is C16H25F3N4. The number of alkyl halides is 3. The van der Waals surface area contributed by atoms with Gasteiger partial charge in [-0.05, 0) is 18.8 Å². The molecule has 1 saturated carbocycles. The zero-order valence-electron chi connectivity index (χ0n) is 13.8. The summed E-state index contributed by atoms with van der Waals surface area (Å²) in [4.78, 5) is 4.68. The number of hydrogen-bond acceptors (Lipinski definition) is 3. The number of aromatic nitrogens is 2. The molecule has 2 heterocycles. The van der Waals surface area contributed by atoms with Crippen molar-refractivity contribution < 1.29 is 13.2 Å². The molecule has 1 saturated heterocycles. The Morgan fingerprint density at radius 2 is 1.96 bits per heavy atom. The summed E-state index contributed by atoms with van der Waals surface area (Å²) < 4.78 is 40.5. The Hall–Kier alpha value is -1.08. The van der Waals surface area contributed by atoms with Gasteiger partial charge in [0.1, 0.15) is 5.69 Å². The molecule has 130 valence electrons. The Balaban J connectivity index is 1.68. The fraction of sp³-hybridized carbons (Fsp3) is 0.812. The van der Waals surface area contributed by atoms with Crippen LogP contribution in [0.1, 0.15) is 37.4 Å². The molecule has 1 atom stereocenters. The highest BCUT2D eigenvalue weighted by Gasteiger charge is 2.38. The molecule has 2 fully saturated rings. The van der Waals surface area contributed by atoms with Gasteiger partial charge < -0.3 is 0 Å². The standard InChI is InChI=1S/C16H25F3N4/c1-12-9-22(6-7-23(10-12)14-4-3-5-14)11-13-8-20-21(2)15(13)16(17,18)19/h8,12,14H,3-7,9-11H2,1-2H3. The number of hydrogen-bond donors (Lipinski definition) is 0. The minimum atomic E-state index is -4.35. The van der Waals surface area contributed by atoms with Crippen LogP contribution in [0.15, 0.2) is 6.20 Å². The maximum Gasteiger partial charge on any atom is 0.433 e. The Kier molecular flexibility index (Phi) is 4.69. The Morgan fingerprint density at radius 3 is 2.57 bits per heavy atom. The topological polar surface area (TPSA) is 24.3 Å². The quantitative estimate of drug-likeness (QED) is 0.852. The number of rotatable bonds is 3. The van der Waals surface area contributed by atoms with Gasteiger partial charge in [-0.3, -0.25) is 14.5 Å². The first-order chi connectivity index (χ1) is 10.8. The highest BCUT2D eigenvalue weighted by molar-refractivity contribution is 5.20. The maximum atomic E-state index is 13.2. The second-order valence-corrected chi connectivity index (χ2v) is 7.06. The van der Waals surface area contributed by atoms with E-state index in [-0.39, 0.29) is 5.56 Å². The second kappa shape index (κ2) is 6.43. The molecule has 0 spiro atoms. The van der Waals surface area contributed by atoms with Crippen LogP contribution in [-0.2, 0) is 19.8 Å². The monoisotopic (exact) mass is 330 g/mol. The second-order valence-electron chi connectivity index (χ2n) is 7.06. The summed E-state index contributed by atoms with van der Waals surface area (Å²) in [5, 5.41) is 3.82. The number of halogens is 3. The third-order valence-electron chi connectivity index (χ3n) is 5.09. The molecule has 1 aromatic heterocycles. The number of nitrogens with zero attached hydrogens (tertiary/aromatic N) is 4. The maximum absolute atomic E-state index is 13.2. The first-order valence-corrected chi connectivity index (χ1v) is 8.39. The molecule has 3 rings (SSSR count). The van der Waals surface area contributed by atoms with E-state index in [0.717, 1.165) is 30.9 Å². The lowest BCUT2D eigenvalue weighted by molar-refractivity contribution is -0.144. The van der Waals surface area contributed by atoms with Crippen molar-refractivity contribution in [2.45, 2.75) is 44.9 Å². The summed E-state index contributed by atoms with van der Waals surface area (Å²) in [5.74, 6) is 0.476. The molecule has 0 bridgehead atoms. The predicted molar refractivity (Wildman–Crippen MR) is 81.9 cm³/mol. The van der Waals surface area contributed by atoms with Gasteiger partial charge in [-0.2, -0.15) is 18.3 Å². The summed E-state index contributed by atoms with van der Waals surface area (Å²) in [6, 6.07) is 0.696. The van der Waals surface area contributed by atoms with Crippen LogP contribution < -0.4 is 0 Å². The molecule has 1 aromatic rings. The van der Waals surface area contributed by atoms with Crippen LogP contribution in [0, 0.1) is 5.92 Å². The molecule has 1 unspecified atom stereocenters. The Bertz CT molecular complexity index is 536. The molecule has 1 aliphatic carbocycles. The third-order valence-corrected chi connectivity index (χ3v) is 5.09. The number of aryl methyl sites for hydroxylation is 1. The largest absolute Gasteiger partial charge is 0.433 e. The van der Waals surface area contributed by atoms with Crippen molar-refractivity contribution in [3.63, 3.8) is 0 Å². The SMILES string of the molecule is CC1CN(Cc2cnn(C)c2C(F)(F)F)CCN(C2CCC2)C1. The van der Waals surface area contributed by atoms with Crippen molar-refractivity contribution in [3.05, 3.63) is 17.5 Å². The minimum Gasteiger partial charge on any atom is -0.299 e. The summed E-state index contributed by atoms with van der Waals surface area (Å²) in [5.41, 5.74) is -0.338. The lowest BCUT2D eigenvalue weighted by Crippen LogP contribution is -2.43. The fourth-order valence-electron chi connectivity index (χ4n) is 3.78. The fourth-order valence-corrected chi connectivity index (χ4v) is 3.78. The van der Waals surface area contributed by atoms with E-state index in [0.29, 0.717) is 18.5 Å². The molecule has 0 N–H and O–H groups in total. The van der Waals surface area contributed by atoms with Gasteiger partial charge >= 0.3 is 6.18 Å². The van der Waals surface area contributed by atoms with E-state index in [1.165, 1.54) is 32.5 Å². The third kappa shape index (κ3) is 3.71. The van der Waals surface area contributed by atoms with Crippen molar-refractivity contribution >= 4 is 0 Å². The highest BCUT2D eigenvalue weighted by Crippen LogP contribution is 2.32. The van der Waals surface area contributed by atoms with Crippen LogP contribution in [0.25, 0.3) is 0 Å². The molecule has 0 radical (unpaired) electrons. The van der Waals surface area contributed by atoms with Crippen molar-refractivity contribution in [2.75, 3.05) is 26.2 Å². The summed E-state index contributed by atoms with van der Waals surface area (Å²) >= 11 is 0. The predicted octanol–water partition coefficient (Wildman–Crippen LogP) is 2.75. The van der Waals surface area contributed by atoms with Crippen LogP contribution >= 0.6 is 0 Å². The Morgan fingerprint density at radius 1 is 1.22 bits per heavy atom. The van der Waals surface area contributed by atoms with E-state index in [4.69, 9.17) is 0 Å². The van der Waals surface area contributed by atoms with Gasteiger partial charge in [0.15, 0.2) is 0 Å². The zero-order valence-corrected chi connectivity index (χ0v) is 13.8. The van der Waals surface area contributed by atoms with Gasteiger partial charge in [-0.15, -0.1) is 0 Å². The van der Waals surface area contributed by atoms with Crippen LogP contribution in [0.2, 0.25) is 0 Å². The van der Waals surface area contributed by atoms with E-state index in [2.05, 4.69) is 21.8 Å². The van der Waals surface area contributed by atoms with E-state index < -0.39 is 11.9 Å². The Labute approximate surface area is 135 Å².